The summed E-state index contributed by atoms with van der Waals surface area (Å²) in [4.78, 5) is 0. The summed E-state index contributed by atoms with van der Waals surface area (Å²) in [7, 11) is 0. The van der Waals surface area contributed by atoms with Gasteiger partial charge >= 0.3 is 0 Å². The smallest absolute Gasteiger partial charge is 0.153 e. The number of anilines is 2. The van der Waals surface area contributed by atoms with E-state index in [1.54, 1.807) is 6.20 Å². The van der Waals surface area contributed by atoms with Crippen molar-refractivity contribution in [3.63, 3.8) is 0 Å². The number of benzene rings is 1. The first kappa shape index (κ1) is 11.5. The monoisotopic (exact) mass is 228 g/mol. The molecule has 2 rings (SSSR count). The Morgan fingerprint density at radius 1 is 1.18 bits per heavy atom. The van der Waals surface area contributed by atoms with Gasteiger partial charge in [-0.15, -0.1) is 5.10 Å². The number of aromatic nitrogens is 2. The van der Waals surface area contributed by atoms with Gasteiger partial charge in [-0.3, -0.25) is 0 Å². The van der Waals surface area contributed by atoms with E-state index in [-0.39, 0.29) is 0 Å². The normalized spacial score (nSPS) is 10.2. The molecule has 0 aliphatic rings. The van der Waals surface area contributed by atoms with Gasteiger partial charge in [-0.05, 0) is 49.2 Å². The Balaban J connectivity index is 2.06. The molecule has 0 amide bonds. The topological polar surface area (TPSA) is 63.8 Å². The van der Waals surface area contributed by atoms with Gasteiger partial charge in [-0.25, -0.2) is 0 Å². The van der Waals surface area contributed by atoms with Crippen LogP contribution in [0.3, 0.4) is 0 Å². The third kappa shape index (κ3) is 3.53. The second-order valence-electron chi connectivity index (χ2n) is 3.83. The van der Waals surface area contributed by atoms with E-state index in [2.05, 4.69) is 27.6 Å². The molecule has 0 fully saturated rings. The number of aryl methyl sites for hydroxylation is 1. The first-order valence-electron chi connectivity index (χ1n) is 5.72. The van der Waals surface area contributed by atoms with Crippen molar-refractivity contribution in [2.45, 2.75) is 12.8 Å². The highest BCUT2D eigenvalue weighted by molar-refractivity contribution is 5.56. The van der Waals surface area contributed by atoms with Gasteiger partial charge in [0.05, 0.1) is 0 Å². The lowest BCUT2D eigenvalue weighted by molar-refractivity contribution is 0.833. The van der Waals surface area contributed by atoms with Crippen LogP contribution in [0.15, 0.2) is 42.6 Å². The van der Waals surface area contributed by atoms with Crippen molar-refractivity contribution in [1.29, 1.82) is 0 Å². The molecule has 0 unspecified atom stereocenters. The molecule has 88 valence electrons. The average Bonchev–Trinajstić information content (AvgIpc) is 2.38. The Labute approximate surface area is 101 Å². The van der Waals surface area contributed by atoms with Gasteiger partial charge in [0.15, 0.2) is 5.82 Å². The van der Waals surface area contributed by atoms with Crippen LogP contribution < -0.4 is 11.1 Å². The molecule has 1 heterocycles. The van der Waals surface area contributed by atoms with E-state index in [0.717, 1.165) is 30.9 Å². The molecule has 0 bridgehead atoms. The highest BCUT2D eigenvalue weighted by Gasteiger charge is 1.97. The van der Waals surface area contributed by atoms with E-state index in [9.17, 15) is 0 Å². The summed E-state index contributed by atoms with van der Waals surface area (Å²) < 4.78 is 0. The lowest BCUT2D eigenvalue weighted by Gasteiger charge is -2.06. The fraction of sp³-hybridized carbons (Fsp3) is 0.231. The molecular weight excluding hydrogens is 212 g/mol. The second kappa shape index (κ2) is 5.96. The minimum Gasteiger partial charge on any atom is -0.339 e. The van der Waals surface area contributed by atoms with Crippen molar-refractivity contribution in [3.05, 3.63) is 48.2 Å². The quantitative estimate of drug-likeness (QED) is 0.822. The Morgan fingerprint density at radius 2 is 2.12 bits per heavy atom. The summed E-state index contributed by atoms with van der Waals surface area (Å²) in [5.41, 5.74) is 7.81. The van der Waals surface area contributed by atoms with Crippen LogP contribution >= 0.6 is 0 Å². The minimum atomic E-state index is 0.724. The summed E-state index contributed by atoms with van der Waals surface area (Å²) in [5.74, 6) is 0.753. The Bertz CT molecular complexity index is 456. The van der Waals surface area contributed by atoms with Gasteiger partial charge < -0.3 is 11.1 Å². The van der Waals surface area contributed by atoms with Gasteiger partial charge in [-0.1, -0.05) is 12.1 Å². The largest absolute Gasteiger partial charge is 0.339 e. The van der Waals surface area contributed by atoms with E-state index in [4.69, 9.17) is 5.73 Å². The predicted octanol–water partition coefficient (Wildman–Crippen LogP) is 2.11. The summed E-state index contributed by atoms with van der Waals surface area (Å²) in [5, 5.41) is 11.0. The van der Waals surface area contributed by atoms with Crippen molar-refractivity contribution in [3.8, 4) is 0 Å². The Kier molecular flexibility index (Phi) is 4.05. The molecule has 17 heavy (non-hydrogen) atoms. The van der Waals surface area contributed by atoms with Crippen molar-refractivity contribution in [2.24, 2.45) is 5.73 Å². The highest BCUT2D eigenvalue weighted by atomic mass is 15.2. The summed E-state index contributed by atoms with van der Waals surface area (Å²) in [6, 6.07) is 12.0. The van der Waals surface area contributed by atoms with Crippen LogP contribution in [0.2, 0.25) is 0 Å². The Hall–Kier alpha value is -1.94. The fourth-order valence-electron chi connectivity index (χ4n) is 1.63. The van der Waals surface area contributed by atoms with Crippen molar-refractivity contribution < 1.29 is 0 Å². The first-order chi connectivity index (χ1) is 8.38. The van der Waals surface area contributed by atoms with E-state index >= 15 is 0 Å². The third-order valence-corrected chi connectivity index (χ3v) is 2.44. The third-order valence-electron chi connectivity index (χ3n) is 2.44. The van der Waals surface area contributed by atoms with Gasteiger partial charge in [0.1, 0.15) is 0 Å². The van der Waals surface area contributed by atoms with Gasteiger partial charge in [0.25, 0.3) is 0 Å². The standard InChI is InChI=1S/C13H16N4/c14-8-2-5-11-4-1-6-12(10-11)16-13-7-3-9-15-17-13/h1,3-4,6-7,9-10H,2,5,8,14H2,(H,16,17). The molecule has 3 N–H and O–H groups in total. The molecular formula is C13H16N4. The number of nitrogens with one attached hydrogen (secondary N) is 1. The first-order valence-corrected chi connectivity index (χ1v) is 5.72. The van der Waals surface area contributed by atoms with Crippen molar-refractivity contribution in [2.75, 3.05) is 11.9 Å². The maximum absolute atomic E-state index is 5.50. The molecule has 4 nitrogen and oxygen atoms in total. The lowest BCUT2D eigenvalue weighted by atomic mass is 10.1. The van der Waals surface area contributed by atoms with Crippen LogP contribution in [0, 0.1) is 0 Å². The SMILES string of the molecule is NCCCc1cccc(Nc2cccnn2)c1. The average molecular weight is 228 g/mol. The van der Waals surface area contributed by atoms with Gasteiger partial charge in [0, 0.05) is 11.9 Å². The van der Waals surface area contributed by atoms with Gasteiger partial charge in [0.2, 0.25) is 0 Å². The molecule has 0 spiro atoms. The van der Waals surface area contributed by atoms with E-state index in [0.29, 0.717) is 0 Å². The Morgan fingerprint density at radius 3 is 2.88 bits per heavy atom. The van der Waals surface area contributed by atoms with E-state index in [1.165, 1.54) is 5.56 Å². The number of hydrogen-bond donors (Lipinski definition) is 2. The maximum atomic E-state index is 5.50. The summed E-state index contributed by atoms with van der Waals surface area (Å²) in [6.45, 7) is 0.724. The van der Waals surface area contributed by atoms with E-state index < -0.39 is 0 Å². The van der Waals surface area contributed by atoms with Gasteiger partial charge in [-0.2, -0.15) is 5.10 Å². The fourth-order valence-corrected chi connectivity index (χ4v) is 1.63. The number of rotatable bonds is 5. The number of nitrogens with two attached hydrogens (primary N) is 1. The molecule has 0 aliphatic heterocycles. The lowest BCUT2D eigenvalue weighted by Crippen LogP contribution is -2.01. The maximum Gasteiger partial charge on any atom is 0.153 e. The van der Waals surface area contributed by atoms with Crippen LogP contribution in [0.4, 0.5) is 11.5 Å². The summed E-state index contributed by atoms with van der Waals surface area (Å²) >= 11 is 0. The zero-order valence-electron chi connectivity index (χ0n) is 9.63. The second-order valence-corrected chi connectivity index (χ2v) is 3.83. The highest BCUT2D eigenvalue weighted by Crippen LogP contribution is 2.16. The van der Waals surface area contributed by atoms with Crippen LogP contribution in [0.5, 0.6) is 0 Å². The molecule has 0 aliphatic carbocycles. The molecule has 0 atom stereocenters. The van der Waals surface area contributed by atoms with E-state index in [1.807, 2.05) is 24.3 Å². The predicted molar refractivity (Wildman–Crippen MR) is 69.1 cm³/mol. The number of hydrogen-bond acceptors (Lipinski definition) is 4. The molecule has 0 saturated carbocycles. The van der Waals surface area contributed by atoms with Crippen LogP contribution in [-0.2, 0) is 6.42 Å². The summed E-state index contributed by atoms with van der Waals surface area (Å²) in [6.07, 6.45) is 3.67. The van der Waals surface area contributed by atoms with Crippen molar-refractivity contribution >= 4 is 11.5 Å². The molecule has 2 aromatic rings. The molecule has 4 heteroatoms. The zero-order chi connectivity index (χ0) is 11.9. The van der Waals surface area contributed by atoms with Crippen molar-refractivity contribution in [1.82, 2.24) is 10.2 Å². The van der Waals surface area contributed by atoms with Crippen LogP contribution in [0.25, 0.3) is 0 Å². The van der Waals surface area contributed by atoms with Crippen LogP contribution in [0.1, 0.15) is 12.0 Å². The molecule has 0 saturated heterocycles. The molecule has 1 aromatic heterocycles. The molecule has 1 aromatic carbocycles. The zero-order valence-corrected chi connectivity index (χ0v) is 9.63. The molecule has 0 radical (unpaired) electrons. The number of nitrogens with zero attached hydrogens (tertiary/aromatic N) is 2. The minimum absolute atomic E-state index is 0.724. The van der Waals surface area contributed by atoms with Crippen LogP contribution in [-0.4, -0.2) is 16.7 Å².